The molecule has 0 radical (unpaired) electrons. The van der Waals surface area contributed by atoms with Crippen LogP contribution in [0.4, 0.5) is 10.1 Å². The van der Waals surface area contributed by atoms with Crippen LogP contribution in [0, 0.1) is 5.82 Å². The number of nitrogens with one attached hydrogen (secondary N) is 2. The molecule has 2 aromatic heterocycles. The average Bonchev–Trinajstić information content (AvgIpc) is 3.51. The summed E-state index contributed by atoms with van der Waals surface area (Å²) in [5, 5.41) is 7.29. The standard InChI is InChI=1S/C27H21Cl2FN4O2S/c28-17-9-8-16(15-18(17)29)22-10-11-23(36-22)26-25(21-7-3-4-13-31-21)33-27(37)34(26)14-12-24(35)32-20-6-2-1-5-19(20)30/h1-11,13,15,25-26H,12,14H2,(H,32,35)(H,33,37)/t25-,26+/m0/s1. The zero-order valence-corrected chi connectivity index (χ0v) is 21.7. The van der Waals surface area contributed by atoms with Gasteiger partial charge in [0.25, 0.3) is 0 Å². The Morgan fingerprint density at radius 1 is 1.08 bits per heavy atom. The predicted octanol–water partition coefficient (Wildman–Crippen LogP) is 6.79. The minimum absolute atomic E-state index is 0.0853. The minimum atomic E-state index is -0.493. The Morgan fingerprint density at radius 2 is 1.89 bits per heavy atom. The van der Waals surface area contributed by atoms with E-state index in [0.717, 1.165) is 11.3 Å². The molecule has 37 heavy (non-hydrogen) atoms. The summed E-state index contributed by atoms with van der Waals surface area (Å²) in [5.41, 5.74) is 1.69. The lowest BCUT2D eigenvalue weighted by molar-refractivity contribution is -0.116. The van der Waals surface area contributed by atoms with Crippen molar-refractivity contribution in [2.45, 2.75) is 18.5 Å². The van der Waals surface area contributed by atoms with E-state index in [1.807, 2.05) is 41.3 Å². The minimum Gasteiger partial charge on any atom is -0.459 e. The zero-order valence-electron chi connectivity index (χ0n) is 19.3. The smallest absolute Gasteiger partial charge is 0.226 e. The van der Waals surface area contributed by atoms with E-state index < -0.39 is 5.82 Å². The van der Waals surface area contributed by atoms with Crippen molar-refractivity contribution in [2.24, 2.45) is 0 Å². The molecular weight excluding hydrogens is 534 g/mol. The molecule has 1 fully saturated rings. The predicted molar refractivity (Wildman–Crippen MR) is 146 cm³/mol. The highest BCUT2D eigenvalue weighted by Gasteiger charge is 2.41. The molecule has 5 rings (SSSR count). The fraction of sp³-hybridized carbons (Fsp3) is 0.148. The second kappa shape index (κ2) is 10.9. The van der Waals surface area contributed by atoms with Crippen molar-refractivity contribution in [3.8, 4) is 11.3 Å². The van der Waals surface area contributed by atoms with Gasteiger partial charge in [-0.1, -0.05) is 41.4 Å². The van der Waals surface area contributed by atoms with Gasteiger partial charge in [0.05, 0.1) is 27.5 Å². The van der Waals surface area contributed by atoms with Gasteiger partial charge in [0.2, 0.25) is 5.91 Å². The number of furan rings is 1. The van der Waals surface area contributed by atoms with Crippen molar-refractivity contribution in [1.29, 1.82) is 0 Å². The normalized spacial score (nSPS) is 17.1. The van der Waals surface area contributed by atoms with Crippen LogP contribution in [0.2, 0.25) is 10.0 Å². The first-order chi connectivity index (χ1) is 17.9. The fourth-order valence-electron chi connectivity index (χ4n) is 4.27. The van der Waals surface area contributed by atoms with E-state index >= 15 is 0 Å². The number of thiocarbonyl (C=S) groups is 1. The molecule has 0 saturated carbocycles. The first-order valence-corrected chi connectivity index (χ1v) is 12.6. The van der Waals surface area contributed by atoms with E-state index in [4.69, 9.17) is 39.8 Å². The van der Waals surface area contributed by atoms with Crippen LogP contribution in [0.1, 0.15) is 30.0 Å². The third-order valence-corrected chi connectivity index (χ3v) is 7.14. The lowest BCUT2D eigenvalue weighted by Gasteiger charge is -2.25. The monoisotopic (exact) mass is 554 g/mol. The molecule has 1 aliphatic rings. The summed E-state index contributed by atoms with van der Waals surface area (Å²) in [4.78, 5) is 19.0. The summed E-state index contributed by atoms with van der Waals surface area (Å²) in [6.45, 7) is 0.281. The number of amides is 1. The number of nitrogens with zero attached hydrogens (tertiary/aromatic N) is 2. The molecule has 1 aliphatic heterocycles. The number of anilines is 1. The van der Waals surface area contributed by atoms with Gasteiger partial charge in [-0.15, -0.1) is 0 Å². The van der Waals surface area contributed by atoms with Gasteiger partial charge in [0.1, 0.15) is 23.4 Å². The van der Waals surface area contributed by atoms with Crippen LogP contribution < -0.4 is 10.6 Å². The summed E-state index contributed by atoms with van der Waals surface area (Å²) in [6, 6.07) is 20.0. The first kappa shape index (κ1) is 25.2. The number of pyridine rings is 1. The summed E-state index contributed by atoms with van der Waals surface area (Å²) in [5.74, 6) is 0.429. The molecule has 0 aliphatic carbocycles. The van der Waals surface area contributed by atoms with Gasteiger partial charge in [0.15, 0.2) is 5.11 Å². The van der Waals surface area contributed by atoms with Gasteiger partial charge in [-0.3, -0.25) is 9.78 Å². The maximum atomic E-state index is 14.0. The van der Waals surface area contributed by atoms with Gasteiger partial charge in [0, 0.05) is 24.7 Å². The van der Waals surface area contributed by atoms with E-state index in [1.54, 1.807) is 30.5 Å². The molecule has 0 bridgehead atoms. The van der Waals surface area contributed by atoms with Crippen molar-refractivity contribution in [3.63, 3.8) is 0 Å². The molecule has 2 aromatic carbocycles. The molecule has 6 nitrogen and oxygen atoms in total. The van der Waals surface area contributed by atoms with E-state index in [-0.39, 0.29) is 36.6 Å². The Bertz CT molecular complexity index is 1450. The zero-order chi connectivity index (χ0) is 25.9. The summed E-state index contributed by atoms with van der Waals surface area (Å²) < 4.78 is 20.3. The first-order valence-electron chi connectivity index (χ1n) is 11.5. The molecule has 1 amide bonds. The summed E-state index contributed by atoms with van der Waals surface area (Å²) in [7, 11) is 0. The third-order valence-electron chi connectivity index (χ3n) is 6.05. The van der Waals surface area contributed by atoms with Gasteiger partial charge >= 0.3 is 0 Å². The number of halogens is 3. The van der Waals surface area contributed by atoms with Gasteiger partial charge in [-0.2, -0.15) is 0 Å². The highest BCUT2D eigenvalue weighted by atomic mass is 35.5. The topological polar surface area (TPSA) is 70.4 Å². The molecule has 4 aromatic rings. The van der Waals surface area contributed by atoms with Gasteiger partial charge in [-0.25, -0.2) is 4.39 Å². The van der Waals surface area contributed by atoms with Crippen LogP contribution in [0.3, 0.4) is 0 Å². The number of hydrogen-bond donors (Lipinski definition) is 2. The van der Waals surface area contributed by atoms with E-state index in [1.165, 1.54) is 12.1 Å². The van der Waals surface area contributed by atoms with Crippen molar-refractivity contribution in [1.82, 2.24) is 15.2 Å². The van der Waals surface area contributed by atoms with Crippen LogP contribution in [0.15, 0.2) is 83.4 Å². The Morgan fingerprint density at radius 3 is 2.65 bits per heavy atom. The number of carbonyl (C=O) groups excluding carboxylic acids is 1. The SMILES string of the molecule is O=C(CCN1C(=S)N[C@@H](c2ccccn2)[C@H]1c1ccc(-c2ccc(Cl)c(Cl)c2)o1)Nc1ccccc1F. The third kappa shape index (κ3) is 5.46. The molecule has 2 atom stereocenters. The quantitative estimate of drug-likeness (QED) is 0.245. The maximum absolute atomic E-state index is 14.0. The van der Waals surface area contributed by atoms with Crippen LogP contribution in [0.5, 0.6) is 0 Å². The van der Waals surface area contributed by atoms with E-state index in [0.29, 0.717) is 26.7 Å². The largest absolute Gasteiger partial charge is 0.459 e. The second-order valence-electron chi connectivity index (χ2n) is 8.43. The molecule has 1 saturated heterocycles. The molecule has 0 unspecified atom stereocenters. The molecular formula is C27H21Cl2FN4O2S. The lowest BCUT2D eigenvalue weighted by Crippen LogP contribution is -2.32. The summed E-state index contributed by atoms with van der Waals surface area (Å²) >= 11 is 17.9. The second-order valence-corrected chi connectivity index (χ2v) is 9.63. The number of carbonyl (C=O) groups is 1. The van der Waals surface area contributed by atoms with E-state index in [9.17, 15) is 9.18 Å². The van der Waals surface area contributed by atoms with Crippen molar-refractivity contribution in [2.75, 3.05) is 11.9 Å². The van der Waals surface area contributed by atoms with Crippen LogP contribution in [-0.2, 0) is 4.79 Å². The molecule has 3 heterocycles. The van der Waals surface area contributed by atoms with Crippen molar-refractivity contribution >= 4 is 52.1 Å². The van der Waals surface area contributed by atoms with Crippen LogP contribution >= 0.6 is 35.4 Å². The van der Waals surface area contributed by atoms with Crippen molar-refractivity contribution in [3.05, 3.63) is 106 Å². The highest BCUT2D eigenvalue weighted by Crippen LogP contribution is 2.41. The average molecular weight is 555 g/mol. The number of hydrogen-bond acceptors (Lipinski definition) is 4. The Balaban J connectivity index is 1.41. The van der Waals surface area contributed by atoms with Crippen LogP contribution in [0.25, 0.3) is 11.3 Å². The number of aromatic nitrogens is 1. The van der Waals surface area contributed by atoms with E-state index in [2.05, 4.69) is 15.6 Å². The van der Waals surface area contributed by atoms with Gasteiger partial charge < -0.3 is 20.0 Å². The Hall–Kier alpha value is -3.46. The Labute approximate surface area is 228 Å². The molecule has 10 heteroatoms. The summed E-state index contributed by atoms with van der Waals surface area (Å²) in [6.07, 6.45) is 1.80. The fourth-order valence-corrected chi connectivity index (χ4v) is 4.90. The number of para-hydroxylation sites is 1. The number of benzene rings is 2. The molecule has 0 spiro atoms. The van der Waals surface area contributed by atoms with Gasteiger partial charge in [-0.05, 0) is 66.8 Å². The molecule has 188 valence electrons. The highest BCUT2D eigenvalue weighted by molar-refractivity contribution is 7.80. The number of rotatable bonds is 7. The lowest BCUT2D eigenvalue weighted by atomic mass is 10.0. The van der Waals surface area contributed by atoms with Crippen molar-refractivity contribution < 1.29 is 13.6 Å². The Kier molecular flexibility index (Phi) is 7.41. The van der Waals surface area contributed by atoms with Crippen LogP contribution in [-0.4, -0.2) is 27.4 Å². The molecule has 2 N–H and O–H groups in total. The maximum Gasteiger partial charge on any atom is 0.226 e.